The SMILES string of the molecule is CC(NC(=O)NC(C)c1nnc2ccccn12)c1cc2ccccc2o1. The van der Waals surface area contributed by atoms with Crippen molar-refractivity contribution < 1.29 is 9.21 Å². The van der Waals surface area contributed by atoms with Gasteiger partial charge in [-0.3, -0.25) is 4.40 Å². The van der Waals surface area contributed by atoms with Crippen LogP contribution in [0.15, 0.2) is 59.1 Å². The molecule has 26 heavy (non-hydrogen) atoms. The van der Waals surface area contributed by atoms with Crippen molar-refractivity contribution in [1.82, 2.24) is 25.2 Å². The Labute approximate surface area is 150 Å². The van der Waals surface area contributed by atoms with Crippen LogP contribution in [0.25, 0.3) is 16.6 Å². The number of para-hydroxylation sites is 1. The van der Waals surface area contributed by atoms with Crippen LogP contribution in [0.4, 0.5) is 4.79 Å². The van der Waals surface area contributed by atoms with E-state index in [1.807, 2.05) is 73.0 Å². The number of nitrogens with one attached hydrogen (secondary N) is 2. The molecule has 7 heteroatoms. The van der Waals surface area contributed by atoms with E-state index >= 15 is 0 Å². The number of carbonyl (C=O) groups is 1. The van der Waals surface area contributed by atoms with Crippen molar-refractivity contribution in [2.24, 2.45) is 0 Å². The first kappa shape index (κ1) is 16.1. The van der Waals surface area contributed by atoms with Gasteiger partial charge in [-0.15, -0.1) is 10.2 Å². The number of fused-ring (bicyclic) bond motifs is 2. The van der Waals surface area contributed by atoms with Crippen molar-refractivity contribution in [2.75, 3.05) is 0 Å². The van der Waals surface area contributed by atoms with Crippen LogP contribution in [0.3, 0.4) is 0 Å². The largest absolute Gasteiger partial charge is 0.459 e. The molecule has 7 nitrogen and oxygen atoms in total. The Morgan fingerprint density at radius 3 is 2.65 bits per heavy atom. The number of hydrogen-bond donors (Lipinski definition) is 2. The molecule has 0 fully saturated rings. The van der Waals surface area contributed by atoms with E-state index in [2.05, 4.69) is 20.8 Å². The highest BCUT2D eigenvalue weighted by Gasteiger charge is 2.18. The Balaban J connectivity index is 1.44. The molecule has 132 valence electrons. The highest BCUT2D eigenvalue weighted by atomic mass is 16.3. The van der Waals surface area contributed by atoms with E-state index in [9.17, 15) is 4.79 Å². The van der Waals surface area contributed by atoms with Gasteiger partial charge in [0.15, 0.2) is 11.5 Å². The first-order valence-electron chi connectivity index (χ1n) is 8.47. The number of carbonyl (C=O) groups excluding carboxylic acids is 1. The molecule has 0 aliphatic carbocycles. The summed E-state index contributed by atoms with van der Waals surface area (Å²) in [4.78, 5) is 12.4. The minimum atomic E-state index is -0.296. The van der Waals surface area contributed by atoms with Gasteiger partial charge in [-0.25, -0.2) is 4.79 Å². The third-order valence-electron chi connectivity index (χ3n) is 4.29. The Morgan fingerprint density at radius 2 is 1.81 bits per heavy atom. The van der Waals surface area contributed by atoms with Gasteiger partial charge in [-0.05, 0) is 38.1 Å². The molecule has 0 saturated heterocycles. The molecule has 0 aliphatic rings. The van der Waals surface area contributed by atoms with Crippen molar-refractivity contribution in [2.45, 2.75) is 25.9 Å². The van der Waals surface area contributed by atoms with Crippen LogP contribution in [0, 0.1) is 0 Å². The predicted octanol–water partition coefficient (Wildman–Crippen LogP) is 3.60. The highest BCUT2D eigenvalue weighted by Crippen LogP contribution is 2.23. The van der Waals surface area contributed by atoms with Gasteiger partial charge in [-0.2, -0.15) is 0 Å². The fraction of sp³-hybridized carbons (Fsp3) is 0.211. The first-order chi connectivity index (χ1) is 12.6. The summed E-state index contributed by atoms with van der Waals surface area (Å²) in [5.41, 5.74) is 1.55. The van der Waals surface area contributed by atoms with Crippen molar-refractivity contribution in [3.63, 3.8) is 0 Å². The molecule has 2 atom stereocenters. The van der Waals surface area contributed by atoms with Crippen molar-refractivity contribution in [3.05, 3.63) is 66.3 Å². The van der Waals surface area contributed by atoms with Gasteiger partial charge in [0.2, 0.25) is 0 Å². The van der Waals surface area contributed by atoms with E-state index in [0.29, 0.717) is 11.6 Å². The molecule has 4 aromatic rings. The second-order valence-electron chi connectivity index (χ2n) is 6.23. The van der Waals surface area contributed by atoms with Crippen molar-refractivity contribution in [3.8, 4) is 0 Å². The van der Waals surface area contributed by atoms with Crippen LogP contribution in [0.2, 0.25) is 0 Å². The monoisotopic (exact) mass is 349 g/mol. The van der Waals surface area contributed by atoms with Crippen LogP contribution in [-0.4, -0.2) is 20.6 Å². The lowest BCUT2D eigenvalue weighted by molar-refractivity contribution is 0.233. The second kappa shape index (κ2) is 6.51. The third-order valence-corrected chi connectivity index (χ3v) is 4.29. The summed E-state index contributed by atoms with van der Waals surface area (Å²) in [7, 11) is 0. The van der Waals surface area contributed by atoms with Gasteiger partial charge >= 0.3 is 6.03 Å². The third kappa shape index (κ3) is 2.99. The van der Waals surface area contributed by atoms with Gasteiger partial charge in [0, 0.05) is 11.6 Å². The van der Waals surface area contributed by atoms with E-state index in [0.717, 1.165) is 16.6 Å². The Bertz CT molecular complexity index is 1030. The summed E-state index contributed by atoms with van der Waals surface area (Å²) in [6.45, 7) is 3.75. The molecule has 1 aromatic carbocycles. The number of urea groups is 1. The first-order valence-corrected chi connectivity index (χ1v) is 8.47. The summed E-state index contributed by atoms with van der Waals surface area (Å²) in [5.74, 6) is 1.38. The summed E-state index contributed by atoms with van der Waals surface area (Å²) >= 11 is 0. The maximum Gasteiger partial charge on any atom is 0.315 e. The molecule has 2 unspecified atom stereocenters. The van der Waals surface area contributed by atoms with Gasteiger partial charge < -0.3 is 15.1 Å². The molecule has 2 amide bonds. The van der Waals surface area contributed by atoms with Gasteiger partial charge in [0.05, 0.1) is 12.1 Å². The Morgan fingerprint density at radius 1 is 1.04 bits per heavy atom. The maximum absolute atomic E-state index is 12.4. The van der Waals surface area contributed by atoms with E-state index in [4.69, 9.17) is 4.42 Å². The molecule has 0 radical (unpaired) electrons. The molecule has 0 aliphatic heterocycles. The number of pyridine rings is 1. The molecular formula is C19H19N5O2. The summed E-state index contributed by atoms with van der Waals surface area (Å²) in [5, 5.41) is 15.1. The molecule has 0 spiro atoms. The van der Waals surface area contributed by atoms with Crippen LogP contribution in [0.5, 0.6) is 0 Å². The topological polar surface area (TPSA) is 84.5 Å². The maximum atomic E-state index is 12.4. The lowest BCUT2D eigenvalue weighted by Crippen LogP contribution is -2.38. The Kier molecular flexibility index (Phi) is 4.04. The molecule has 3 heterocycles. The van der Waals surface area contributed by atoms with Gasteiger partial charge in [0.25, 0.3) is 0 Å². The lowest BCUT2D eigenvalue weighted by atomic mass is 10.2. The zero-order valence-electron chi connectivity index (χ0n) is 14.5. The molecular weight excluding hydrogens is 330 g/mol. The fourth-order valence-electron chi connectivity index (χ4n) is 2.94. The zero-order chi connectivity index (χ0) is 18.1. The smallest absolute Gasteiger partial charge is 0.315 e. The average Bonchev–Trinajstić information content (AvgIpc) is 3.25. The van der Waals surface area contributed by atoms with Crippen LogP contribution < -0.4 is 10.6 Å². The number of rotatable bonds is 4. The highest BCUT2D eigenvalue weighted by molar-refractivity contribution is 5.78. The molecule has 0 bridgehead atoms. The number of hydrogen-bond acceptors (Lipinski definition) is 4. The predicted molar refractivity (Wildman–Crippen MR) is 97.7 cm³/mol. The molecule has 2 N–H and O–H groups in total. The lowest BCUT2D eigenvalue weighted by Gasteiger charge is -2.16. The van der Waals surface area contributed by atoms with E-state index in [1.165, 1.54) is 0 Å². The van der Waals surface area contributed by atoms with E-state index < -0.39 is 0 Å². The molecule has 0 saturated carbocycles. The molecule has 3 aromatic heterocycles. The number of amides is 2. The molecule has 4 rings (SSSR count). The van der Waals surface area contributed by atoms with Crippen LogP contribution in [0.1, 0.15) is 37.5 Å². The second-order valence-corrected chi connectivity index (χ2v) is 6.23. The minimum Gasteiger partial charge on any atom is -0.459 e. The van der Waals surface area contributed by atoms with Crippen molar-refractivity contribution in [1.29, 1.82) is 0 Å². The minimum absolute atomic E-state index is 0.259. The van der Waals surface area contributed by atoms with Gasteiger partial charge in [0.1, 0.15) is 11.3 Å². The fourth-order valence-corrected chi connectivity index (χ4v) is 2.94. The van der Waals surface area contributed by atoms with Crippen molar-refractivity contribution >= 4 is 22.6 Å². The average molecular weight is 349 g/mol. The number of furan rings is 1. The standard InChI is InChI=1S/C19H19N5O2/c1-12(16-11-14-7-3-4-8-15(14)26-16)20-19(25)21-13(2)18-23-22-17-9-5-6-10-24(17)18/h3-13H,1-2H3,(H2,20,21,25). The normalized spacial score (nSPS) is 13.6. The summed E-state index contributed by atoms with van der Waals surface area (Å²) in [6, 6.07) is 14.5. The number of benzene rings is 1. The van der Waals surface area contributed by atoms with E-state index in [-0.39, 0.29) is 18.1 Å². The Hall–Kier alpha value is -3.35. The number of nitrogens with zero attached hydrogens (tertiary/aromatic N) is 3. The van der Waals surface area contributed by atoms with Crippen LogP contribution >= 0.6 is 0 Å². The zero-order valence-corrected chi connectivity index (χ0v) is 14.5. The number of aromatic nitrogens is 3. The van der Waals surface area contributed by atoms with E-state index in [1.54, 1.807) is 0 Å². The summed E-state index contributed by atoms with van der Waals surface area (Å²) in [6.07, 6.45) is 1.87. The van der Waals surface area contributed by atoms with Gasteiger partial charge in [-0.1, -0.05) is 24.3 Å². The quantitative estimate of drug-likeness (QED) is 0.589. The summed E-state index contributed by atoms with van der Waals surface area (Å²) < 4.78 is 7.65. The van der Waals surface area contributed by atoms with Crippen LogP contribution in [-0.2, 0) is 0 Å².